The van der Waals surface area contributed by atoms with Crippen LogP contribution in [0.3, 0.4) is 0 Å². The molecule has 1 aromatic carbocycles. The molecular weight excluding hydrogens is 383 g/mol. The van der Waals surface area contributed by atoms with E-state index in [0.717, 1.165) is 49.5 Å². The zero-order valence-corrected chi connectivity index (χ0v) is 18.4. The van der Waals surface area contributed by atoms with Crippen LogP contribution in [0.1, 0.15) is 41.9 Å². The van der Waals surface area contributed by atoms with Gasteiger partial charge in [0.15, 0.2) is 0 Å². The number of likely N-dealkylation sites (N-methyl/N-ethyl adjacent to an activating group) is 1. The van der Waals surface area contributed by atoms with Gasteiger partial charge in [0, 0.05) is 35.7 Å². The standard InChI is InChI=1S/C16H15FN2O.C7H16N2O/c1-8-9(2)15(18-10(8)3)7-13-12-6-11(17)4-5-14(12)19-16(13)20;1-3-9(4-2)6-5-8-7-10/h4-7,18H,1-3H3,(H,19,20);7H,3-6H2,1-2H3,(H,8,10)/b13-7-;. The summed E-state index contributed by atoms with van der Waals surface area (Å²) in [7, 11) is 0. The van der Waals surface area contributed by atoms with Gasteiger partial charge in [-0.2, -0.15) is 0 Å². The molecule has 2 amide bonds. The van der Waals surface area contributed by atoms with Crippen molar-refractivity contribution in [2.45, 2.75) is 34.6 Å². The summed E-state index contributed by atoms with van der Waals surface area (Å²) in [5, 5.41) is 5.37. The zero-order chi connectivity index (χ0) is 22.3. The lowest BCUT2D eigenvalue weighted by Crippen LogP contribution is -2.31. The van der Waals surface area contributed by atoms with Crippen molar-refractivity contribution in [1.82, 2.24) is 15.2 Å². The Labute approximate surface area is 177 Å². The number of halogens is 1. The first kappa shape index (κ1) is 23.3. The van der Waals surface area contributed by atoms with Crippen molar-refractivity contribution < 1.29 is 14.0 Å². The van der Waals surface area contributed by atoms with E-state index in [-0.39, 0.29) is 11.7 Å². The molecule has 0 unspecified atom stereocenters. The molecule has 0 radical (unpaired) electrons. The van der Waals surface area contributed by atoms with E-state index in [4.69, 9.17) is 0 Å². The maximum absolute atomic E-state index is 13.4. The number of hydrogen-bond donors (Lipinski definition) is 3. The van der Waals surface area contributed by atoms with Crippen LogP contribution >= 0.6 is 0 Å². The Balaban J connectivity index is 0.000000274. The third kappa shape index (κ3) is 5.57. The lowest BCUT2D eigenvalue weighted by molar-refractivity contribution is -0.111. The first-order valence-corrected chi connectivity index (χ1v) is 10.2. The summed E-state index contributed by atoms with van der Waals surface area (Å²) >= 11 is 0. The highest BCUT2D eigenvalue weighted by Gasteiger charge is 2.25. The highest BCUT2D eigenvalue weighted by molar-refractivity contribution is 6.34. The van der Waals surface area contributed by atoms with Gasteiger partial charge in [-0.3, -0.25) is 9.59 Å². The lowest BCUT2D eigenvalue weighted by Gasteiger charge is -2.16. The fourth-order valence-electron chi connectivity index (χ4n) is 3.29. The minimum absolute atomic E-state index is 0.199. The van der Waals surface area contributed by atoms with Gasteiger partial charge in [0.1, 0.15) is 5.82 Å². The molecule has 0 aliphatic carbocycles. The fraction of sp³-hybridized carbons (Fsp3) is 0.391. The van der Waals surface area contributed by atoms with Crippen LogP contribution in [0.15, 0.2) is 18.2 Å². The van der Waals surface area contributed by atoms with E-state index < -0.39 is 0 Å². The van der Waals surface area contributed by atoms with Gasteiger partial charge in [-0.1, -0.05) is 13.8 Å². The molecule has 0 saturated heterocycles. The number of rotatable bonds is 7. The molecule has 1 aliphatic rings. The molecule has 2 aromatic rings. The van der Waals surface area contributed by atoms with Gasteiger partial charge in [0.25, 0.3) is 5.91 Å². The Morgan fingerprint density at radius 2 is 1.83 bits per heavy atom. The van der Waals surface area contributed by atoms with Crippen LogP contribution in [0.4, 0.5) is 10.1 Å². The molecule has 3 N–H and O–H groups in total. The molecule has 2 heterocycles. The van der Waals surface area contributed by atoms with E-state index in [9.17, 15) is 14.0 Å². The summed E-state index contributed by atoms with van der Waals surface area (Å²) in [6, 6.07) is 4.31. The maximum Gasteiger partial charge on any atom is 0.256 e. The van der Waals surface area contributed by atoms with Crippen molar-refractivity contribution in [2.75, 3.05) is 31.5 Å². The summed E-state index contributed by atoms with van der Waals surface area (Å²) in [6.07, 6.45) is 2.53. The zero-order valence-electron chi connectivity index (χ0n) is 18.4. The predicted molar refractivity (Wildman–Crippen MR) is 120 cm³/mol. The molecule has 1 aliphatic heterocycles. The Kier molecular flexibility index (Phi) is 8.35. The van der Waals surface area contributed by atoms with Crippen LogP contribution in [0.5, 0.6) is 0 Å². The van der Waals surface area contributed by atoms with Gasteiger partial charge >= 0.3 is 0 Å². The number of fused-ring (bicyclic) bond motifs is 1. The average molecular weight is 415 g/mol. The Bertz CT molecular complexity index is 930. The number of carbonyl (C=O) groups is 2. The smallest absolute Gasteiger partial charge is 0.256 e. The van der Waals surface area contributed by atoms with Gasteiger partial charge in [0.05, 0.1) is 5.57 Å². The number of amides is 2. The summed E-state index contributed by atoms with van der Waals surface area (Å²) < 4.78 is 13.4. The Hall–Kier alpha value is -2.93. The Morgan fingerprint density at radius 1 is 1.13 bits per heavy atom. The normalized spacial score (nSPS) is 13.7. The third-order valence-electron chi connectivity index (χ3n) is 5.45. The first-order valence-electron chi connectivity index (χ1n) is 10.2. The molecule has 0 saturated carbocycles. The number of benzene rings is 1. The van der Waals surface area contributed by atoms with Crippen molar-refractivity contribution in [1.29, 1.82) is 0 Å². The molecule has 0 fully saturated rings. The van der Waals surface area contributed by atoms with E-state index in [2.05, 4.69) is 34.4 Å². The summed E-state index contributed by atoms with van der Waals surface area (Å²) in [4.78, 5) is 27.4. The van der Waals surface area contributed by atoms with Gasteiger partial charge in [0.2, 0.25) is 6.41 Å². The average Bonchev–Trinajstić information content (AvgIpc) is 3.16. The SMILES string of the molecule is CCN(CC)CCNC=O.Cc1[nH]c(/C=C2\C(=O)Nc3ccc(F)cc32)c(C)c1C. The number of anilines is 1. The molecule has 1 aromatic heterocycles. The minimum atomic E-state index is -0.346. The second-order valence-electron chi connectivity index (χ2n) is 7.21. The van der Waals surface area contributed by atoms with Crippen molar-refractivity contribution in [2.24, 2.45) is 0 Å². The highest BCUT2D eigenvalue weighted by Crippen LogP contribution is 2.34. The van der Waals surface area contributed by atoms with E-state index in [1.165, 1.54) is 17.7 Å². The number of aromatic nitrogens is 1. The lowest BCUT2D eigenvalue weighted by atomic mass is 10.0. The van der Waals surface area contributed by atoms with Gasteiger partial charge < -0.3 is 20.5 Å². The van der Waals surface area contributed by atoms with E-state index in [0.29, 0.717) is 16.8 Å². The first-order chi connectivity index (χ1) is 14.3. The second kappa shape index (κ2) is 10.7. The van der Waals surface area contributed by atoms with Crippen LogP contribution in [0, 0.1) is 26.6 Å². The number of nitrogens with one attached hydrogen (secondary N) is 3. The number of carbonyl (C=O) groups excluding carboxylic acids is 2. The highest BCUT2D eigenvalue weighted by atomic mass is 19.1. The minimum Gasteiger partial charge on any atom is -0.359 e. The Morgan fingerprint density at radius 3 is 2.40 bits per heavy atom. The molecule has 162 valence electrons. The maximum atomic E-state index is 13.4. The number of nitrogens with zero attached hydrogens (tertiary/aromatic N) is 1. The van der Waals surface area contributed by atoms with Crippen LogP contribution < -0.4 is 10.6 Å². The molecule has 6 nitrogen and oxygen atoms in total. The third-order valence-corrected chi connectivity index (χ3v) is 5.45. The predicted octanol–water partition coefficient (Wildman–Crippen LogP) is 3.65. The van der Waals surface area contributed by atoms with Crippen molar-refractivity contribution in [3.63, 3.8) is 0 Å². The molecular formula is C23H31FN4O2. The number of H-pyrrole nitrogens is 1. The molecule has 30 heavy (non-hydrogen) atoms. The van der Waals surface area contributed by atoms with Crippen LogP contribution in [-0.2, 0) is 9.59 Å². The van der Waals surface area contributed by atoms with Crippen molar-refractivity contribution in [3.05, 3.63) is 52.1 Å². The monoisotopic (exact) mass is 414 g/mol. The van der Waals surface area contributed by atoms with Crippen molar-refractivity contribution in [3.8, 4) is 0 Å². The summed E-state index contributed by atoms with van der Waals surface area (Å²) in [5.74, 6) is -0.545. The topological polar surface area (TPSA) is 77.2 Å². The summed E-state index contributed by atoms with van der Waals surface area (Å²) in [5.41, 5.74) is 6.00. The second-order valence-corrected chi connectivity index (χ2v) is 7.21. The van der Waals surface area contributed by atoms with E-state index in [1.807, 2.05) is 20.8 Å². The molecule has 7 heteroatoms. The van der Waals surface area contributed by atoms with E-state index >= 15 is 0 Å². The van der Waals surface area contributed by atoms with Gasteiger partial charge in [-0.15, -0.1) is 0 Å². The molecule has 0 spiro atoms. The largest absolute Gasteiger partial charge is 0.359 e. The van der Waals surface area contributed by atoms with Crippen molar-refractivity contribution >= 4 is 29.7 Å². The van der Waals surface area contributed by atoms with Crippen LogP contribution in [0.2, 0.25) is 0 Å². The quantitative estimate of drug-likeness (QED) is 0.368. The molecule has 3 rings (SSSR count). The van der Waals surface area contributed by atoms with E-state index in [1.54, 1.807) is 12.1 Å². The molecule has 0 atom stereocenters. The molecule has 0 bridgehead atoms. The number of aromatic amines is 1. The van der Waals surface area contributed by atoms with Gasteiger partial charge in [-0.25, -0.2) is 4.39 Å². The fourth-order valence-corrected chi connectivity index (χ4v) is 3.29. The number of hydrogen-bond acceptors (Lipinski definition) is 3. The van der Waals surface area contributed by atoms with Crippen LogP contribution in [-0.4, -0.2) is 48.4 Å². The summed E-state index contributed by atoms with van der Waals surface area (Å²) in [6.45, 7) is 14.1. The van der Waals surface area contributed by atoms with Gasteiger partial charge in [-0.05, 0) is 69.3 Å². The van der Waals surface area contributed by atoms with Crippen LogP contribution in [0.25, 0.3) is 11.6 Å². The number of aryl methyl sites for hydroxylation is 1.